The maximum atomic E-state index is 11.8. The number of carbonyl (C=O) groups excluding carboxylic acids is 1. The minimum Gasteiger partial charge on any atom is -0.380 e. The zero-order valence-corrected chi connectivity index (χ0v) is 14.6. The molecular formula is C20H19N5O. The van der Waals surface area contributed by atoms with Crippen LogP contribution in [0.4, 0.5) is 5.69 Å². The van der Waals surface area contributed by atoms with Crippen LogP contribution >= 0.6 is 0 Å². The molecule has 3 heterocycles. The highest BCUT2D eigenvalue weighted by molar-refractivity contribution is 6.03. The number of carbonyl (C=O) groups is 1. The molecule has 0 bridgehead atoms. The molecule has 6 nitrogen and oxygen atoms in total. The Balaban J connectivity index is 1.97. The van der Waals surface area contributed by atoms with Crippen molar-refractivity contribution >= 4 is 28.0 Å². The number of fused-ring (bicyclic) bond motifs is 2. The van der Waals surface area contributed by atoms with Crippen LogP contribution in [0.3, 0.4) is 0 Å². The third-order valence-corrected chi connectivity index (χ3v) is 4.30. The lowest BCUT2D eigenvalue weighted by atomic mass is 10.0. The van der Waals surface area contributed by atoms with Gasteiger partial charge in [-0.15, -0.1) is 0 Å². The molecule has 26 heavy (non-hydrogen) atoms. The molecule has 0 spiro atoms. The van der Waals surface area contributed by atoms with Gasteiger partial charge in [0.15, 0.2) is 0 Å². The van der Waals surface area contributed by atoms with Gasteiger partial charge in [-0.2, -0.15) is 5.10 Å². The molecule has 130 valence electrons. The molecular weight excluding hydrogens is 326 g/mol. The van der Waals surface area contributed by atoms with Crippen molar-refractivity contribution in [2.24, 2.45) is 5.73 Å². The molecule has 0 atom stereocenters. The Morgan fingerprint density at radius 3 is 2.81 bits per heavy atom. The van der Waals surface area contributed by atoms with Crippen LogP contribution in [-0.2, 0) is 0 Å². The van der Waals surface area contributed by atoms with E-state index in [1.54, 1.807) is 10.7 Å². The van der Waals surface area contributed by atoms with E-state index in [0.717, 1.165) is 27.5 Å². The van der Waals surface area contributed by atoms with Gasteiger partial charge in [0.1, 0.15) is 0 Å². The average molecular weight is 345 g/mol. The number of anilines is 1. The molecule has 4 aromatic rings. The molecule has 0 saturated heterocycles. The second kappa shape index (κ2) is 6.15. The number of para-hydroxylation sites is 1. The van der Waals surface area contributed by atoms with E-state index in [1.165, 1.54) is 6.20 Å². The molecule has 3 N–H and O–H groups in total. The fourth-order valence-corrected chi connectivity index (χ4v) is 3.18. The van der Waals surface area contributed by atoms with Crippen molar-refractivity contribution in [2.75, 3.05) is 5.32 Å². The van der Waals surface area contributed by atoms with E-state index in [1.807, 2.05) is 50.4 Å². The smallest absolute Gasteiger partial charge is 0.252 e. The number of amides is 1. The minimum atomic E-state index is -0.500. The quantitative estimate of drug-likeness (QED) is 0.593. The Kier molecular flexibility index (Phi) is 3.80. The molecule has 1 amide bonds. The van der Waals surface area contributed by atoms with E-state index < -0.39 is 5.91 Å². The van der Waals surface area contributed by atoms with Crippen molar-refractivity contribution in [3.05, 3.63) is 60.6 Å². The predicted octanol–water partition coefficient (Wildman–Crippen LogP) is 3.47. The monoisotopic (exact) mass is 345 g/mol. The highest BCUT2D eigenvalue weighted by Crippen LogP contribution is 2.32. The Morgan fingerprint density at radius 2 is 2.04 bits per heavy atom. The average Bonchev–Trinajstić information content (AvgIpc) is 3.05. The van der Waals surface area contributed by atoms with Crippen LogP contribution in [0.5, 0.6) is 0 Å². The van der Waals surface area contributed by atoms with Gasteiger partial charge in [0.25, 0.3) is 5.91 Å². The summed E-state index contributed by atoms with van der Waals surface area (Å²) < 4.78 is 1.77. The second-order valence-electron chi connectivity index (χ2n) is 6.53. The number of nitrogens with two attached hydrogens (primary N) is 1. The van der Waals surface area contributed by atoms with Gasteiger partial charge in [-0.25, -0.2) is 4.52 Å². The molecule has 0 saturated carbocycles. The van der Waals surface area contributed by atoms with E-state index in [2.05, 4.69) is 21.5 Å². The third kappa shape index (κ3) is 2.65. The summed E-state index contributed by atoms with van der Waals surface area (Å²) in [7, 11) is 0. The van der Waals surface area contributed by atoms with Crippen LogP contribution in [-0.4, -0.2) is 26.5 Å². The SMILES string of the molecule is CC(C)Nc1c(C(N)=O)cnn2cc(-c3ccnc4ccccc34)cc12. The van der Waals surface area contributed by atoms with E-state index in [0.29, 0.717) is 11.3 Å². The Morgan fingerprint density at radius 1 is 1.23 bits per heavy atom. The zero-order chi connectivity index (χ0) is 18.3. The van der Waals surface area contributed by atoms with Gasteiger partial charge < -0.3 is 11.1 Å². The third-order valence-electron chi connectivity index (χ3n) is 4.30. The highest BCUT2D eigenvalue weighted by Gasteiger charge is 2.16. The topological polar surface area (TPSA) is 85.3 Å². The number of nitrogens with zero attached hydrogens (tertiary/aromatic N) is 3. The lowest BCUT2D eigenvalue weighted by Crippen LogP contribution is -2.19. The van der Waals surface area contributed by atoms with Gasteiger partial charge in [0, 0.05) is 29.4 Å². The first kappa shape index (κ1) is 16.1. The van der Waals surface area contributed by atoms with Gasteiger partial charge in [-0.05, 0) is 37.6 Å². The van der Waals surface area contributed by atoms with Crippen LogP contribution in [0.2, 0.25) is 0 Å². The molecule has 0 radical (unpaired) electrons. The highest BCUT2D eigenvalue weighted by atomic mass is 16.1. The largest absolute Gasteiger partial charge is 0.380 e. The summed E-state index contributed by atoms with van der Waals surface area (Å²) >= 11 is 0. The van der Waals surface area contributed by atoms with Crippen LogP contribution in [0.1, 0.15) is 24.2 Å². The summed E-state index contributed by atoms with van der Waals surface area (Å²) in [5.74, 6) is -0.500. The first-order chi connectivity index (χ1) is 12.5. The van der Waals surface area contributed by atoms with Crippen molar-refractivity contribution in [3.63, 3.8) is 0 Å². The first-order valence-corrected chi connectivity index (χ1v) is 8.46. The number of aromatic nitrogens is 3. The number of hydrogen-bond acceptors (Lipinski definition) is 4. The Bertz CT molecular complexity index is 1120. The Hall–Kier alpha value is -3.41. The molecule has 6 heteroatoms. The standard InChI is InChI=1S/C20H19N5O/c1-12(2)24-19-16(20(21)26)10-23-25-11-13(9-18(19)25)14-7-8-22-17-6-4-3-5-15(14)17/h3-12,24H,1-2H3,(H2,21,26). The molecule has 4 rings (SSSR count). The maximum absolute atomic E-state index is 11.8. The molecule has 0 aliphatic carbocycles. The van der Waals surface area contributed by atoms with Crippen LogP contribution in [0, 0.1) is 0 Å². The van der Waals surface area contributed by atoms with Crippen LogP contribution < -0.4 is 11.1 Å². The van der Waals surface area contributed by atoms with E-state index >= 15 is 0 Å². The lowest BCUT2D eigenvalue weighted by Gasteiger charge is -2.14. The number of rotatable bonds is 4. The van der Waals surface area contributed by atoms with Gasteiger partial charge in [-0.1, -0.05) is 18.2 Å². The number of primary amides is 1. The molecule has 1 aromatic carbocycles. The van der Waals surface area contributed by atoms with Crippen LogP contribution in [0.25, 0.3) is 27.5 Å². The summed E-state index contributed by atoms with van der Waals surface area (Å²) in [6.45, 7) is 4.03. The van der Waals surface area contributed by atoms with Gasteiger partial charge in [-0.3, -0.25) is 9.78 Å². The first-order valence-electron chi connectivity index (χ1n) is 8.46. The summed E-state index contributed by atoms with van der Waals surface area (Å²) in [6, 6.07) is 12.2. The fraction of sp³-hybridized carbons (Fsp3) is 0.150. The molecule has 0 aliphatic rings. The Labute approximate surface area is 150 Å². The molecule has 0 unspecified atom stereocenters. The summed E-state index contributed by atoms with van der Waals surface area (Å²) in [5.41, 5.74) is 10.4. The number of nitrogens with one attached hydrogen (secondary N) is 1. The predicted molar refractivity (Wildman–Crippen MR) is 103 cm³/mol. The van der Waals surface area contributed by atoms with Crippen molar-refractivity contribution in [1.82, 2.24) is 14.6 Å². The minimum absolute atomic E-state index is 0.152. The van der Waals surface area contributed by atoms with E-state index in [9.17, 15) is 4.79 Å². The van der Waals surface area contributed by atoms with Crippen molar-refractivity contribution in [1.29, 1.82) is 0 Å². The van der Waals surface area contributed by atoms with Crippen LogP contribution in [0.15, 0.2) is 55.0 Å². The van der Waals surface area contributed by atoms with Crippen molar-refractivity contribution in [3.8, 4) is 11.1 Å². The van der Waals surface area contributed by atoms with Gasteiger partial charge in [0.05, 0.1) is 28.5 Å². The molecule has 0 fully saturated rings. The van der Waals surface area contributed by atoms with Gasteiger partial charge >= 0.3 is 0 Å². The van der Waals surface area contributed by atoms with Gasteiger partial charge in [0.2, 0.25) is 0 Å². The number of benzene rings is 1. The summed E-state index contributed by atoms with van der Waals surface area (Å²) in [6.07, 6.45) is 5.26. The summed E-state index contributed by atoms with van der Waals surface area (Å²) in [4.78, 5) is 16.2. The fourth-order valence-electron chi connectivity index (χ4n) is 3.18. The lowest BCUT2D eigenvalue weighted by molar-refractivity contribution is 0.100. The maximum Gasteiger partial charge on any atom is 0.252 e. The van der Waals surface area contributed by atoms with Crippen molar-refractivity contribution in [2.45, 2.75) is 19.9 Å². The molecule has 3 aromatic heterocycles. The molecule has 0 aliphatic heterocycles. The number of hydrogen-bond donors (Lipinski definition) is 2. The van der Waals surface area contributed by atoms with E-state index in [-0.39, 0.29) is 6.04 Å². The zero-order valence-electron chi connectivity index (χ0n) is 14.6. The van der Waals surface area contributed by atoms with Crippen molar-refractivity contribution < 1.29 is 4.79 Å². The summed E-state index contributed by atoms with van der Waals surface area (Å²) in [5, 5.41) is 8.75. The number of pyridine rings is 1. The second-order valence-corrected chi connectivity index (χ2v) is 6.53. The van der Waals surface area contributed by atoms with E-state index in [4.69, 9.17) is 5.73 Å². The normalized spacial score (nSPS) is 11.3.